The Hall–Kier alpha value is -0.850. The Balaban J connectivity index is 2.91. The summed E-state index contributed by atoms with van der Waals surface area (Å²) < 4.78 is 0.841. The van der Waals surface area contributed by atoms with E-state index in [-0.39, 0.29) is 6.04 Å². The molecule has 2 nitrogen and oxygen atoms in total. The van der Waals surface area contributed by atoms with Crippen molar-refractivity contribution >= 4 is 15.9 Å². The van der Waals surface area contributed by atoms with Crippen LogP contribution in [-0.2, 0) is 6.42 Å². The zero-order chi connectivity index (χ0) is 9.84. The Morgan fingerprint density at radius 3 is 2.77 bits per heavy atom. The van der Waals surface area contributed by atoms with Gasteiger partial charge < -0.3 is 5.73 Å². The largest absolute Gasteiger partial charge is 0.328 e. The maximum atomic E-state index is 8.69. The van der Waals surface area contributed by atoms with E-state index in [1.807, 2.05) is 25.1 Å². The third-order valence-corrected chi connectivity index (χ3v) is 2.37. The first kappa shape index (κ1) is 10.2. The highest BCUT2D eigenvalue weighted by Crippen LogP contribution is 2.18. The minimum atomic E-state index is 0.153. The van der Waals surface area contributed by atoms with Crippen LogP contribution in [0.1, 0.15) is 18.1 Å². The molecule has 0 amide bonds. The van der Waals surface area contributed by atoms with Gasteiger partial charge in [0.2, 0.25) is 0 Å². The second kappa shape index (κ2) is 4.40. The molecule has 0 aliphatic heterocycles. The fraction of sp³-hybridized carbons (Fsp3) is 0.300. The van der Waals surface area contributed by atoms with Gasteiger partial charge >= 0.3 is 0 Å². The van der Waals surface area contributed by atoms with Gasteiger partial charge in [0.1, 0.15) is 6.07 Å². The zero-order valence-corrected chi connectivity index (χ0v) is 9.01. The number of nitrogens with two attached hydrogens (primary N) is 1. The highest BCUT2D eigenvalue weighted by Gasteiger charge is 2.02. The molecule has 0 spiro atoms. The molecule has 2 N–H and O–H groups in total. The third kappa shape index (κ3) is 2.83. The van der Waals surface area contributed by atoms with Crippen molar-refractivity contribution in [2.75, 3.05) is 0 Å². The molecule has 0 saturated heterocycles. The molecule has 1 unspecified atom stereocenters. The summed E-state index contributed by atoms with van der Waals surface area (Å²) in [4.78, 5) is 0. The average Bonchev–Trinajstić information content (AvgIpc) is 2.03. The summed E-state index contributed by atoms with van der Waals surface area (Å²) in [6, 6.07) is 7.94. The van der Waals surface area contributed by atoms with Gasteiger partial charge in [-0.25, -0.2) is 0 Å². The summed E-state index contributed by atoms with van der Waals surface area (Å²) in [5.74, 6) is 0. The molecular formula is C10H11BrN2. The maximum absolute atomic E-state index is 8.69. The average molecular weight is 239 g/mol. The standard InChI is InChI=1S/C10H11BrN2/c1-7(13)4-8-2-3-9(6-12)10(11)5-8/h2-3,5,7H,4,13H2,1H3. The summed E-state index contributed by atoms with van der Waals surface area (Å²) in [5, 5.41) is 8.69. The number of hydrogen-bond donors (Lipinski definition) is 1. The van der Waals surface area contributed by atoms with Crippen LogP contribution in [0, 0.1) is 11.3 Å². The fourth-order valence-electron chi connectivity index (χ4n) is 1.15. The van der Waals surface area contributed by atoms with E-state index < -0.39 is 0 Å². The van der Waals surface area contributed by atoms with Crippen LogP contribution in [0.5, 0.6) is 0 Å². The molecule has 0 aliphatic rings. The first-order valence-electron chi connectivity index (χ1n) is 4.07. The minimum Gasteiger partial charge on any atom is -0.328 e. The number of halogens is 1. The second-order valence-corrected chi connectivity index (χ2v) is 3.96. The highest BCUT2D eigenvalue weighted by molar-refractivity contribution is 9.10. The lowest BCUT2D eigenvalue weighted by molar-refractivity contribution is 0.738. The fourth-order valence-corrected chi connectivity index (χ4v) is 1.66. The van der Waals surface area contributed by atoms with Crippen LogP contribution >= 0.6 is 15.9 Å². The Labute approximate surface area is 86.5 Å². The van der Waals surface area contributed by atoms with Gasteiger partial charge in [0.05, 0.1) is 5.56 Å². The number of rotatable bonds is 2. The predicted molar refractivity (Wildman–Crippen MR) is 56.2 cm³/mol. The van der Waals surface area contributed by atoms with Gasteiger partial charge in [-0.05, 0) is 47.0 Å². The zero-order valence-electron chi connectivity index (χ0n) is 7.42. The summed E-state index contributed by atoms with van der Waals surface area (Å²) >= 11 is 3.33. The Morgan fingerprint density at radius 1 is 1.62 bits per heavy atom. The third-order valence-electron chi connectivity index (χ3n) is 1.71. The molecule has 0 bridgehead atoms. The minimum absolute atomic E-state index is 0.153. The van der Waals surface area contributed by atoms with Crippen molar-refractivity contribution in [2.24, 2.45) is 5.73 Å². The Kier molecular flexibility index (Phi) is 3.47. The van der Waals surface area contributed by atoms with E-state index in [9.17, 15) is 0 Å². The van der Waals surface area contributed by atoms with Crippen molar-refractivity contribution in [3.63, 3.8) is 0 Å². The number of benzene rings is 1. The van der Waals surface area contributed by atoms with Crippen LogP contribution in [-0.4, -0.2) is 6.04 Å². The van der Waals surface area contributed by atoms with Gasteiger partial charge in [-0.1, -0.05) is 6.07 Å². The maximum Gasteiger partial charge on any atom is 0.100 e. The van der Waals surface area contributed by atoms with Crippen LogP contribution < -0.4 is 5.73 Å². The van der Waals surface area contributed by atoms with Crippen molar-refractivity contribution < 1.29 is 0 Å². The van der Waals surface area contributed by atoms with E-state index in [1.54, 1.807) is 0 Å². The molecule has 0 fully saturated rings. The molecule has 0 aliphatic carbocycles. The van der Waals surface area contributed by atoms with Crippen LogP contribution in [0.15, 0.2) is 22.7 Å². The number of nitriles is 1. The highest BCUT2D eigenvalue weighted by atomic mass is 79.9. The molecular weight excluding hydrogens is 228 g/mol. The van der Waals surface area contributed by atoms with Crippen molar-refractivity contribution in [1.29, 1.82) is 5.26 Å². The molecule has 0 aromatic heterocycles. The lowest BCUT2D eigenvalue weighted by Crippen LogP contribution is -2.17. The molecule has 3 heteroatoms. The summed E-state index contributed by atoms with van der Waals surface area (Å²) in [7, 11) is 0. The van der Waals surface area contributed by atoms with E-state index in [4.69, 9.17) is 11.0 Å². The first-order chi connectivity index (χ1) is 6.13. The van der Waals surface area contributed by atoms with Gasteiger partial charge in [0.25, 0.3) is 0 Å². The van der Waals surface area contributed by atoms with Crippen LogP contribution in [0.2, 0.25) is 0 Å². The lowest BCUT2D eigenvalue weighted by atomic mass is 10.1. The van der Waals surface area contributed by atoms with Gasteiger partial charge in [-0.15, -0.1) is 0 Å². The number of hydrogen-bond acceptors (Lipinski definition) is 2. The topological polar surface area (TPSA) is 49.8 Å². The molecule has 0 saturated carbocycles. The van der Waals surface area contributed by atoms with Crippen molar-refractivity contribution in [2.45, 2.75) is 19.4 Å². The summed E-state index contributed by atoms with van der Waals surface area (Å²) in [6.07, 6.45) is 0.838. The predicted octanol–water partition coefficient (Wildman–Crippen LogP) is 2.21. The van der Waals surface area contributed by atoms with Crippen LogP contribution in [0.25, 0.3) is 0 Å². The van der Waals surface area contributed by atoms with Crippen molar-refractivity contribution in [1.82, 2.24) is 0 Å². The smallest absolute Gasteiger partial charge is 0.100 e. The van der Waals surface area contributed by atoms with Gasteiger partial charge in [-0.2, -0.15) is 5.26 Å². The van der Waals surface area contributed by atoms with Crippen LogP contribution in [0.4, 0.5) is 0 Å². The molecule has 13 heavy (non-hydrogen) atoms. The first-order valence-corrected chi connectivity index (χ1v) is 4.87. The van der Waals surface area contributed by atoms with E-state index in [1.165, 1.54) is 0 Å². The quantitative estimate of drug-likeness (QED) is 0.860. The van der Waals surface area contributed by atoms with E-state index >= 15 is 0 Å². The molecule has 0 radical (unpaired) electrons. The second-order valence-electron chi connectivity index (χ2n) is 3.11. The lowest BCUT2D eigenvalue weighted by Gasteiger charge is -2.05. The monoisotopic (exact) mass is 238 g/mol. The number of nitrogens with zero attached hydrogens (tertiary/aromatic N) is 1. The summed E-state index contributed by atoms with van der Waals surface area (Å²) in [5.41, 5.74) is 7.48. The summed E-state index contributed by atoms with van der Waals surface area (Å²) in [6.45, 7) is 1.96. The Morgan fingerprint density at radius 2 is 2.31 bits per heavy atom. The van der Waals surface area contributed by atoms with Crippen molar-refractivity contribution in [3.05, 3.63) is 33.8 Å². The molecule has 1 rings (SSSR count). The van der Waals surface area contributed by atoms with Crippen molar-refractivity contribution in [3.8, 4) is 6.07 Å². The molecule has 0 heterocycles. The molecule has 1 aromatic carbocycles. The van der Waals surface area contributed by atoms with Gasteiger partial charge in [-0.3, -0.25) is 0 Å². The molecule has 1 aromatic rings. The van der Waals surface area contributed by atoms with Gasteiger partial charge in [0, 0.05) is 10.5 Å². The van der Waals surface area contributed by atoms with Crippen LogP contribution in [0.3, 0.4) is 0 Å². The van der Waals surface area contributed by atoms with E-state index in [0.717, 1.165) is 16.5 Å². The normalized spacial score (nSPS) is 12.2. The SMILES string of the molecule is CC(N)Cc1ccc(C#N)c(Br)c1. The van der Waals surface area contributed by atoms with E-state index in [0.29, 0.717) is 5.56 Å². The Bertz CT molecular complexity index is 339. The van der Waals surface area contributed by atoms with E-state index in [2.05, 4.69) is 22.0 Å². The van der Waals surface area contributed by atoms with Gasteiger partial charge in [0.15, 0.2) is 0 Å². The molecule has 68 valence electrons. The molecule has 1 atom stereocenters.